The first-order valence-electron chi connectivity index (χ1n) is 10.1. The minimum atomic E-state index is -3.80. The predicted molar refractivity (Wildman–Crippen MR) is 110 cm³/mol. The van der Waals surface area contributed by atoms with Crippen LogP contribution in [0.25, 0.3) is 0 Å². The summed E-state index contributed by atoms with van der Waals surface area (Å²) in [4.78, 5) is 15.1. The van der Waals surface area contributed by atoms with Crippen molar-refractivity contribution in [3.63, 3.8) is 0 Å². The number of hydrogen-bond donors (Lipinski definition) is 1. The molecular weight excluding hydrogens is 394 g/mol. The van der Waals surface area contributed by atoms with Gasteiger partial charge in [0.2, 0.25) is 15.9 Å². The van der Waals surface area contributed by atoms with E-state index in [1.165, 1.54) is 24.6 Å². The lowest BCUT2D eigenvalue weighted by atomic mass is 9.97. The van der Waals surface area contributed by atoms with Crippen molar-refractivity contribution >= 4 is 15.9 Å². The van der Waals surface area contributed by atoms with Crippen LogP contribution in [0.3, 0.4) is 0 Å². The van der Waals surface area contributed by atoms with E-state index in [2.05, 4.69) is 17.3 Å². The number of methoxy groups -OCH3 is 2. The molecule has 9 heteroatoms. The third kappa shape index (κ3) is 5.02. The summed E-state index contributed by atoms with van der Waals surface area (Å²) in [5.74, 6) is 0.327. The smallest absolute Gasteiger partial charge is 0.246 e. The van der Waals surface area contributed by atoms with Crippen molar-refractivity contribution in [1.29, 1.82) is 0 Å². The van der Waals surface area contributed by atoms with Crippen LogP contribution in [0, 0.1) is 5.92 Å². The number of nitrogens with one attached hydrogen (secondary N) is 1. The first-order chi connectivity index (χ1) is 13.8. The SMILES string of the molecule is COc1ccc(OC)c(S(=O)(=O)N2CCC[C@@H](C(=O)NC3CCN(C)CC3)C2)c1. The Labute approximate surface area is 173 Å². The molecule has 8 nitrogen and oxygen atoms in total. The lowest BCUT2D eigenvalue weighted by Gasteiger charge is -2.34. The highest BCUT2D eigenvalue weighted by Gasteiger charge is 2.35. The number of rotatable bonds is 6. The average Bonchev–Trinajstić information content (AvgIpc) is 2.74. The molecule has 0 bridgehead atoms. The van der Waals surface area contributed by atoms with E-state index in [4.69, 9.17) is 9.47 Å². The van der Waals surface area contributed by atoms with Gasteiger partial charge in [0, 0.05) is 25.2 Å². The maximum absolute atomic E-state index is 13.3. The standard InChI is InChI=1S/C20H31N3O5S/c1-22-11-8-16(9-12-22)21-20(24)15-5-4-10-23(14-15)29(25,26)19-13-17(27-2)6-7-18(19)28-3/h6-7,13,15-16H,4-5,8-12,14H2,1-3H3,(H,21,24)/t15-/m1/s1. The number of amides is 1. The summed E-state index contributed by atoms with van der Waals surface area (Å²) in [5.41, 5.74) is 0. The van der Waals surface area contributed by atoms with E-state index in [0.717, 1.165) is 25.9 Å². The summed E-state index contributed by atoms with van der Waals surface area (Å²) in [5, 5.41) is 3.13. The number of carbonyl (C=O) groups is 1. The van der Waals surface area contributed by atoms with E-state index in [9.17, 15) is 13.2 Å². The molecule has 1 aromatic rings. The normalized spacial score (nSPS) is 22.2. The summed E-state index contributed by atoms with van der Waals surface area (Å²) in [6, 6.07) is 4.88. The highest BCUT2D eigenvalue weighted by Crippen LogP contribution is 2.32. The molecule has 1 aromatic carbocycles. The van der Waals surface area contributed by atoms with Crippen LogP contribution in [0.15, 0.2) is 23.1 Å². The summed E-state index contributed by atoms with van der Waals surface area (Å²) < 4.78 is 38.4. The fourth-order valence-corrected chi connectivity index (χ4v) is 5.67. The quantitative estimate of drug-likeness (QED) is 0.740. The van der Waals surface area contributed by atoms with Gasteiger partial charge in [-0.3, -0.25) is 4.79 Å². The number of piperidine rings is 2. The van der Waals surface area contributed by atoms with E-state index >= 15 is 0 Å². The monoisotopic (exact) mass is 425 g/mol. The molecule has 0 radical (unpaired) electrons. The molecule has 0 spiro atoms. The molecular formula is C20H31N3O5S. The topological polar surface area (TPSA) is 88.2 Å². The first kappa shape index (κ1) is 21.9. The Morgan fingerprint density at radius 3 is 2.48 bits per heavy atom. The molecule has 1 N–H and O–H groups in total. The zero-order chi connectivity index (χ0) is 21.0. The van der Waals surface area contributed by atoms with E-state index in [1.54, 1.807) is 12.1 Å². The summed E-state index contributed by atoms with van der Waals surface area (Å²) >= 11 is 0. The summed E-state index contributed by atoms with van der Waals surface area (Å²) in [6.07, 6.45) is 3.20. The summed E-state index contributed by atoms with van der Waals surface area (Å²) in [7, 11) is 1.20. The molecule has 2 aliphatic rings. The molecule has 0 unspecified atom stereocenters. The van der Waals surface area contributed by atoms with Crippen LogP contribution in [-0.4, -0.2) is 77.0 Å². The second-order valence-electron chi connectivity index (χ2n) is 7.81. The molecule has 162 valence electrons. The zero-order valence-electron chi connectivity index (χ0n) is 17.4. The van der Waals surface area contributed by atoms with Gasteiger partial charge in [-0.2, -0.15) is 4.31 Å². The van der Waals surface area contributed by atoms with Gasteiger partial charge in [-0.05, 0) is 58.0 Å². The van der Waals surface area contributed by atoms with Crippen molar-refractivity contribution in [2.45, 2.75) is 36.6 Å². The van der Waals surface area contributed by atoms with Crippen LogP contribution in [0.2, 0.25) is 0 Å². The lowest BCUT2D eigenvalue weighted by molar-refractivity contribution is -0.127. The highest BCUT2D eigenvalue weighted by atomic mass is 32.2. The van der Waals surface area contributed by atoms with Crippen molar-refractivity contribution in [3.05, 3.63) is 18.2 Å². The third-order valence-electron chi connectivity index (χ3n) is 5.81. The number of benzene rings is 1. The van der Waals surface area contributed by atoms with Crippen molar-refractivity contribution in [3.8, 4) is 11.5 Å². The van der Waals surface area contributed by atoms with Crippen LogP contribution in [0.1, 0.15) is 25.7 Å². The number of hydrogen-bond acceptors (Lipinski definition) is 6. The molecule has 1 atom stereocenters. The number of nitrogens with zero attached hydrogens (tertiary/aromatic N) is 2. The number of ether oxygens (including phenoxy) is 2. The summed E-state index contributed by atoms with van der Waals surface area (Å²) in [6.45, 7) is 2.50. The minimum Gasteiger partial charge on any atom is -0.497 e. The fraction of sp³-hybridized carbons (Fsp3) is 0.650. The van der Waals surface area contributed by atoms with Crippen molar-refractivity contribution < 1.29 is 22.7 Å². The molecule has 0 aromatic heterocycles. The van der Waals surface area contributed by atoms with E-state index in [1.807, 2.05) is 0 Å². The van der Waals surface area contributed by atoms with Gasteiger partial charge in [0.25, 0.3) is 0 Å². The molecule has 0 aliphatic carbocycles. The Balaban J connectivity index is 1.72. The van der Waals surface area contributed by atoms with Gasteiger partial charge in [0.1, 0.15) is 16.4 Å². The van der Waals surface area contributed by atoms with Crippen LogP contribution >= 0.6 is 0 Å². The van der Waals surface area contributed by atoms with Crippen LogP contribution < -0.4 is 14.8 Å². The van der Waals surface area contributed by atoms with Gasteiger partial charge >= 0.3 is 0 Å². The second kappa shape index (κ2) is 9.32. The van der Waals surface area contributed by atoms with Crippen molar-refractivity contribution in [2.75, 3.05) is 47.4 Å². The van der Waals surface area contributed by atoms with Gasteiger partial charge in [-0.15, -0.1) is 0 Å². The Hall–Kier alpha value is -1.84. The molecule has 1 amide bonds. The molecule has 2 fully saturated rings. The molecule has 2 saturated heterocycles. The van der Waals surface area contributed by atoms with Gasteiger partial charge in [0.15, 0.2) is 0 Å². The second-order valence-corrected chi connectivity index (χ2v) is 9.71. The van der Waals surface area contributed by atoms with E-state index < -0.39 is 10.0 Å². The van der Waals surface area contributed by atoms with Crippen LogP contribution in [0.5, 0.6) is 11.5 Å². The molecule has 29 heavy (non-hydrogen) atoms. The minimum absolute atomic E-state index is 0.0444. The van der Waals surface area contributed by atoms with Gasteiger partial charge in [0.05, 0.1) is 20.1 Å². The van der Waals surface area contributed by atoms with Crippen LogP contribution in [-0.2, 0) is 14.8 Å². The molecule has 2 heterocycles. The molecule has 3 rings (SSSR count). The predicted octanol–water partition coefficient (Wildman–Crippen LogP) is 1.31. The number of likely N-dealkylation sites (tertiary alicyclic amines) is 1. The Kier molecular flexibility index (Phi) is 7.02. The zero-order valence-corrected chi connectivity index (χ0v) is 18.2. The lowest BCUT2D eigenvalue weighted by Crippen LogP contribution is -2.49. The van der Waals surface area contributed by atoms with Gasteiger partial charge in [-0.25, -0.2) is 8.42 Å². The van der Waals surface area contributed by atoms with Gasteiger partial charge in [-0.1, -0.05) is 0 Å². The number of carbonyl (C=O) groups excluding carboxylic acids is 1. The van der Waals surface area contributed by atoms with E-state index in [-0.39, 0.29) is 35.1 Å². The maximum Gasteiger partial charge on any atom is 0.246 e. The molecule has 0 saturated carbocycles. The fourth-order valence-electron chi connectivity index (χ4n) is 3.97. The van der Waals surface area contributed by atoms with Crippen molar-refractivity contribution in [1.82, 2.24) is 14.5 Å². The Morgan fingerprint density at radius 2 is 1.83 bits per heavy atom. The van der Waals surface area contributed by atoms with Crippen LogP contribution in [0.4, 0.5) is 0 Å². The number of sulfonamides is 1. The van der Waals surface area contributed by atoms with E-state index in [0.29, 0.717) is 25.1 Å². The highest BCUT2D eigenvalue weighted by molar-refractivity contribution is 7.89. The van der Waals surface area contributed by atoms with Crippen molar-refractivity contribution in [2.24, 2.45) is 5.92 Å². The largest absolute Gasteiger partial charge is 0.497 e. The average molecular weight is 426 g/mol. The Bertz CT molecular complexity index is 821. The first-order valence-corrected chi connectivity index (χ1v) is 11.5. The third-order valence-corrected chi connectivity index (χ3v) is 7.69. The van der Waals surface area contributed by atoms with Gasteiger partial charge < -0.3 is 19.7 Å². The Morgan fingerprint density at radius 1 is 1.10 bits per heavy atom. The molecule has 2 aliphatic heterocycles. The maximum atomic E-state index is 13.3.